The molecule has 138 valence electrons. The minimum Gasteiger partial charge on any atom is -0.497 e. The molecule has 1 aliphatic rings. The highest BCUT2D eigenvalue weighted by Crippen LogP contribution is 2.41. The number of benzene rings is 2. The summed E-state index contributed by atoms with van der Waals surface area (Å²) in [6.45, 7) is 0. The fourth-order valence-electron chi connectivity index (χ4n) is 2.82. The van der Waals surface area contributed by atoms with Crippen LogP contribution in [0.25, 0.3) is 0 Å². The number of para-hydroxylation sites is 1. The van der Waals surface area contributed by atoms with Crippen LogP contribution in [0.4, 0.5) is 11.4 Å². The van der Waals surface area contributed by atoms with Gasteiger partial charge in [0.05, 0.1) is 43.0 Å². The van der Waals surface area contributed by atoms with Crippen LogP contribution in [0.3, 0.4) is 0 Å². The zero-order chi connectivity index (χ0) is 19.4. The molecule has 2 N–H and O–H groups in total. The Morgan fingerprint density at radius 1 is 1.00 bits per heavy atom. The first-order valence-electron chi connectivity index (χ1n) is 8.40. The zero-order valence-electron chi connectivity index (χ0n) is 15.0. The zero-order valence-corrected chi connectivity index (χ0v) is 15.0. The highest BCUT2D eigenvalue weighted by molar-refractivity contribution is 6.04. The number of rotatable bonds is 6. The van der Waals surface area contributed by atoms with E-state index in [1.54, 1.807) is 49.6 Å². The largest absolute Gasteiger partial charge is 0.497 e. The molecule has 1 saturated carbocycles. The van der Waals surface area contributed by atoms with Gasteiger partial charge in [-0.05, 0) is 30.7 Å². The van der Waals surface area contributed by atoms with Crippen molar-refractivity contribution in [1.82, 2.24) is 0 Å². The Balaban J connectivity index is 1.62. The fourth-order valence-corrected chi connectivity index (χ4v) is 2.82. The molecule has 3 rings (SSSR count). The highest BCUT2D eigenvalue weighted by Gasteiger charge is 2.48. The summed E-state index contributed by atoms with van der Waals surface area (Å²) in [4.78, 5) is 24.8. The fraction of sp³-hybridized carbons (Fsp3) is 0.250. The first kappa shape index (κ1) is 18.3. The van der Waals surface area contributed by atoms with Crippen molar-refractivity contribution in [3.63, 3.8) is 0 Å². The van der Waals surface area contributed by atoms with Crippen LogP contribution in [0.1, 0.15) is 12.0 Å². The molecule has 27 heavy (non-hydrogen) atoms. The Morgan fingerprint density at radius 3 is 2.30 bits per heavy atom. The highest BCUT2D eigenvalue weighted by atomic mass is 16.5. The number of nitrogens with zero attached hydrogens (tertiary/aromatic N) is 1. The third kappa shape index (κ3) is 4.01. The van der Waals surface area contributed by atoms with E-state index in [9.17, 15) is 9.59 Å². The number of hydrogen-bond donors (Lipinski definition) is 2. The van der Waals surface area contributed by atoms with E-state index in [2.05, 4.69) is 10.6 Å². The molecule has 7 heteroatoms. The van der Waals surface area contributed by atoms with Gasteiger partial charge in [-0.1, -0.05) is 12.1 Å². The van der Waals surface area contributed by atoms with E-state index in [0.29, 0.717) is 34.9 Å². The van der Waals surface area contributed by atoms with Gasteiger partial charge in [-0.3, -0.25) is 9.59 Å². The molecule has 7 nitrogen and oxygen atoms in total. The number of hydrogen-bond acceptors (Lipinski definition) is 5. The molecule has 2 aromatic rings. The van der Waals surface area contributed by atoms with E-state index < -0.39 is 11.8 Å². The summed E-state index contributed by atoms with van der Waals surface area (Å²) in [7, 11) is 3.05. The molecule has 0 aliphatic heterocycles. The normalized spacial score (nSPS) is 17.4. The summed E-state index contributed by atoms with van der Waals surface area (Å²) in [5, 5.41) is 14.6. The predicted octanol–water partition coefficient (Wildman–Crippen LogP) is 2.79. The third-order valence-corrected chi connectivity index (χ3v) is 4.44. The number of nitrogens with one attached hydrogen (secondary N) is 2. The van der Waals surface area contributed by atoms with Crippen LogP contribution < -0.4 is 20.1 Å². The Hall–Kier alpha value is -3.53. The Morgan fingerprint density at radius 2 is 1.67 bits per heavy atom. The van der Waals surface area contributed by atoms with E-state index in [1.165, 1.54) is 7.11 Å². The van der Waals surface area contributed by atoms with Crippen molar-refractivity contribution in [1.29, 1.82) is 5.26 Å². The average Bonchev–Trinajstić information content (AvgIpc) is 3.50. The number of anilines is 2. The lowest BCUT2D eigenvalue weighted by molar-refractivity contribution is -0.122. The Kier molecular flexibility index (Phi) is 5.27. The van der Waals surface area contributed by atoms with Crippen LogP contribution in [0, 0.1) is 23.2 Å². The lowest BCUT2D eigenvalue weighted by Gasteiger charge is -2.11. The molecule has 0 spiro atoms. The van der Waals surface area contributed by atoms with Gasteiger partial charge in [0.15, 0.2) is 0 Å². The van der Waals surface area contributed by atoms with Crippen LogP contribution in [0.15, 0.2) is 42.5 Å². The smallest absolute Gasteiger partial charge is 0.228 e. The number of carbonyl (C=O) groups is 2. The molecule has 0 saturated heterocycles. The quantitative estimate of drug-likeness (QED) is 0.820. The molecule has 0 heterocycles. The van der Waals surface area contributed by atoms with Gasteiger partial charge in [0.25, 0.3) is 0 Å². The van der Waals surface area contributed by atoms with Gasteiger partial charge in [0.2, 0.25) is 11.8 Å². The summed E-state index contributed by atoms with van der Waals surface area (Å²) in [6.07, 6.45) is 0.463. The van der Waals surface area contributed by atoms with Gasteiger partial charge in [-0.15, -0.1) is 0 Å². The molecule has 0 aromatic heterocycles. The molecular formula is C20H19N3O4. The molecular weight excluding hydrogens is 346 g/mol. The van der Waals surface area contributed by atoms with Crippen LogP contribution in [0.2, 0.25) is 0 Å². The number of methoxy groups -OCH3 is 2. The van der Waals surface area contributed by atoms with Gasteiger partial charge in [-0.25, -0.2) is 0 Å². The summed E-state index contributed by atoms with van der Waals surface area (Å²) in [6, 6.07) is 13.9. The van der Waals surface area contributed by atoms with Crippen LogP contribution in [-0.4, -0.2) is 26.0 Å². The van der Waals surface area contributed by atoms with Crippen molar-refractivity contribution in [2.45, 2.75) is 6.42 Å². The van der Waals surface area contributed by atoms with Crippen molar-refractivity contribution in [2.75, 3.05) is 24.9 Å². The van der Waals surface area contributed by atoms with Gasteiger partial charge in [-0.2, -0.15) is 5.26 Å². The lowest BCUT2D eigenvalue weighted by atomic mass is 10.2. The van der Waals surface area contributed by atoms with Crippen LogP contribution >= 0.6 is 0 Å². The summed E-state index contributed by atoms with van der Waals surface area (Å²) in [5.41, 5.74) is 1.35. The van der Waals surface area contributed by atoms with Gasteiger partial charge in [0, 0.05) is 6.07 Å². The SMILES string of the molecule is COc1ccc(NC(=O)C2CC2C(=O)Nc2ccccc2C#N)c(OC)c1. The van der Waals surface area contributed by atoms with Crippen molar-refractivity contribution in [3.05, 3.63) is 48.0 Å². The Labute approximate surface area is 156 Å². The summed E-state index contributed by atoms with van der Waals surface area (Å²) < 4.78 is 10.4. The van der Waals surface area contributed by atoms with E-state index >= 15 is 0 Å². The minimum atomic E-state index is -0.416. The number of nitriles is 1. The molecule has 2 atom stereocenters. The second-order valence-corrected chi connectivity index (χ2v) is 6.15. The molecule has 2 aromatic carbocycles. The first-order valence-corrected chi connectivity index (χ1v) is 8.40. The monoisotopic (exact) mass is 365 g/mol. The Bertz CT molecular complexity index is 920. The van der Waals surface area contributed by atoms with Crippen LogP contribution in [-0.2, 0) is 9.59 Å². The molecule has 0 bridgehead atoms. The molecule has 2 unspecified atom stereocenters. The number of ether oxygens (including phenoxy) is 2. The van der Waals surface area contributed by atoms with Gasteiger partial charge < -0.3 is 20.1 Å². The maximum atomic E-state index is 12.5. The predicted molar refractivity (Wildman–Crippen MR) is 99.6 cm³/mol. The van der Waals surface area contributed by atoms with E-state index in [4.69, 9.17) is 14.7 Å². The average molecular weight is 365 g/mol. The first-order chi connectivity index (χ1) is 13.1. The van der Waals surface area contributed by atoms with Crippen molar-refractivity contribution >= 4 is 23.2 Å². The molecule has 0 radical (unpaired) electrons. The second-order valence-electron chi connectivity index (χ2n) is 6.15. The molecule has 1 fully saturated rings. The third-order valence-electron chi connectivity index (χ3n) is 4.44. The number of amides is 2. The van der Waals surface area contributed by atoms with E-state index in [-0.39, 0.29) is 11.8 Å². The minimum absolute atomic E-state index is 0.243. The lowest BCUT2D eigenvalue weighted by Crippen LogP contribution is -2.21. The molecule has 2 amide bonds. The second kappa shape index (κ2) is 7.79. The van der Waals surface area contributed by atoms with Crippen molar-refractivity contribution in [2.24, 2.45) is 11.8 Å². The van der Waals surface area contributed by atoms with Gasteiger partial charge >= 0.3 is 0 Å². The maximum Gasteiger partial charge on any atom is 0.228 e. The van der Waals surface area contributed by atoms with E-state index in [0.717, 1.165) is 0 Å². The van der Waals surface area contributed by atoms with E-state index in [1.807, 2.05) is 6.07 Å². The van der Waals surface area contributed by atoms with Crippen molar-refractivity contribution < 1.29 is 19.1 Å². The van der Waals surface area contributed by atoms with Crippen LogP contribution in [0.5, 0.6) is 11.5 Å². The number of carbonyl (C=O) groups excluding carboxylic acids is 2. The topological polar surface area (TPSA) is 100 Å². The maximum absolute atomic E-state index is 12.5. The van der Waals surface area contributed by atoms with Gasteiger partial charge in [0.1, 0.15) is 17.6 Å². The standard InChI is InChI=1S/C20H19N3O4/c1-26-13-7-8-17(18(9-13)27-2)23-20(25)15-10-14(15)19(24)22-16-6-4-3-5-12(16)11-21/h3-9,14-15H,10H2,1-2H3,(H,22,24)(H,23,25). The summed E-state index contributed by atoms with van der Waals surface area (Å²) in [5.74, 6) is -0.240. The summed E-state index contributed by atoms with van der Waals surface area (Å²) >= 11 is 0. The molecule has 1 aliphatic carbocycles. The van der Waals surface area contributed by atoms with Crippen molar-refractivity contribution in [3.8, 4) is 17.6 Å².